The average Bonchev–Trinajstić information content (AvgIpc) is 2.91. The Hall–Kier alpha value is -2.43. The smallest absolute Gasteiger partial charge is 0.303 e. The highest BCUT2D eigenvalue weighted by molar-refractivity contribution is 7.80. The zero-order chi connectivity index (χ0) is 21.6. The number of hydrogen-bond acceptors (Lipinski definition) is 8. The fourth-order valence-corrected chi connectivity index (χ4v) is 3.02. The Bertz CT molecular complexity index is 774. The van der Waals surface area contributed by atoms with Crippen LogP contribution in [0.4, 0.5) is 5.69 Å². The van der Waals surface area contributed by atoms with Crippen LogP contribution in [0.15, 0.2) is 24.3 Å². The maximum atomic E-state index is 11.6. The minimum Gasteiger partial charge on any atom is -0.463 e. The van der Waals surface area contributed by atoms with Crippen LogP contribution in [-0.2, 0) is 33.3 Å². The molecule has 29 heavy (non-hydrogen) atoms. The second-order valence-corrected chi connectivity index (χ2v) is 7.00. The third-order valence-corrected chi connectivity index (χ3v) is 4.21. The molecule has 4 atom stereocenters. The maximum Gasteiger partial charge on any atom is 0.303 e. The highest BCUT2D eigenvalue weighted by atomic mass is 35.5. The molecule has 0 aromatic heterocycles. The number of thiocarbonyl (C=S) groups is 1. The van der Waals surface area contributed by atoms with Crippen molar-refractivity contribution in [1.82, 2.24) is 5.32 Å². The van der Waals surface area contributed by atoms with E-state index in [4.69, 9.17) is 42.8 Å². The fourth-order valence-electron chi connectivity index (χ4n) is 2.66. The van der Waals surface area contributed by atoms with Crippen molar-refractivity contribution in [1.29, 1.82) is 0 Å². The average molecular weight is 445 g/mol. The molecule has 1 fully saturated rings. The van der Waals surface area contributed by atoms with Crippen molar-refractivity contribution in [2.45, 2.75) is 45.3 Å². The monoisotopic (exact) mass is 444 g/mol. The van der Waals surface area contributed by atoms with Gasteiger partial charge in [0.15, 0.2) is 23.5 Å². The lowest BCUT2D eigenvalue weighted by Crippen LogP contribution is -2.48. The minimum absolute atomic E-state index is 0.171. The summed E-state index contributed by atoms with van der Waals surface area (Å²) in [7, 11) is 0. The highest BCUT2D eigenvalue weighted by Crippen LogP contribution is 2.26. The summed E-state index contributed by atoms with van der Waals surface area (Å²) in [6.45, 7) is 3.47. The summed E-state index contributed by atoms with van der Waals surface area (Å²) in [5.74, 6) is -1.74. The van der Waals surface area contributed by atoms with Gasteiger partial charge in [-0.15, -0.1) is 0 Å². The number of benzene rings is 1. The molecule has 0 spiro atoms. The van der Waals surface area contributed by atoms with Crippen LogP contribution in [0.1, 0.15) is 20.8 Å². The summed E-state index contributed by atoms with van der Waals surface area (Å²) in [4.78, 5) is 34.2. The molecular formula is C18H21ClN2O7S. The Morgan fingerprint density at radius 3 is 2.17 bits per heavy atom. The SMILES string of the molecule is CC(=O)OC[C@H]1O[C@@H](NC(=S)Nc2ccc(Cl)cc2)[C@H](OC(C)=O)[C@@H]1OC(C)=O. The van der Waals surface area contributed by atoms with E-state index in [-0.39, 0.29) is 11.7 Å². The molecular weight excluding hydrogens is 424 g/mol. The number of rotatable bonds is 6. The number of carbonyl (C=O) groups excluding carboxylic acids is 3. The van der Waals surface area contributed by atoms with E-state index in [1.165, 1.54) is 20.8 Å². The molecule has 1 saturated heterocycles. The summed E-state index contributed by atoms with van der Waals surface area (Å²) < 4.78 is 21.3. The highest BCUT2D eigenvalue weighted by Gasteiger charge is 2.50. The maximum absolute atomic E-state index is 11.6. The molecule has 1 aliphatic rings. The van der Waals surface area contributed by atoms with Crippen molar-refractivity contribution >= 4 is 52.5 Å². The van der Waals surface area contributed by atoms with Gasteiger partial charge in [-0.3, -0.25) is 14.4 Å². The van der Waals surface area contributed by atoms with Crippen LogP contribution < -0.4 is 10.6 Å². The number of esters is 3. The zero-order valence-corrected chi connectivity index (χ0v) is 17.5. The van der Waals surface area contributed by atoms with Crippen LogP contribution in [0.2, 0.25) is 5.02 Å². The van der Waals surface area contributed by atoms with Gasteiger partial charge >= 0.3 is 17.9 Å². The molecule has 1 aliphatic heterocycles. The number of nitrogens with one attached hydrogen (secondary N) is 2. The number of ether oxygens (including phenoxy) is 4. The van der Waals surface area contributed by atoms with Gasteiger partial charge < -0.3 is 29.6 Å². The van der Waals surface area contributed by atoms with E-state index in [0.717, 1.165) is 0 Å². The van der Waals surface area contributed by atoms with Gasteiger partial charge in [-0.1, -0.05) is 11.6 Å². The summed E-state index contributed by atoms with van der Waals surface area (Å²) in [6, 6.07) is 6.82. The van der Waals surface area contributed by atoms with Crippen molar-refractivity contribution in [3.05, 3.63) is 29.3 Å². The first-order valence-electron chi connectivity index (χ1n) is 8.62. The lowest BCUT2D eigenvalue weighted by atomic mass is 10.1. The molecule has 0 aliphatic carbocycles. The second-order valence-electron chi connectivity index (χ2n) is 6.15. The molecule has 0 unspecified atom stereocenters. The van der Waals surface area contributed by atoms with Gasteiger partial charge in [-0.2, -0.15) is 0 Å². The van der Waals surface area contributed by atoms with Gasteiger partial charge in [0.2, 0.25) is 0 Å². The normalized spacial score (nSPS) is 23.0. The van der Waals surface area contributed by atoms with Crippen LogP contribution in [0.3, 0.4) is 0 Å². The third kappa shape index (κ3) is 7.15. The lowest BCUT2D eigenvalue weighted by Gasteiger charge is -2.24. The standard InChI is InChI=1S/C18H21ClN2O7S/c1-9(22)25-8-14-15(26-10(2)23)16(27-11(3)24)17(28-14)21-18(29)20-13-6-4-12(19)5-7-13/h4-7,14-17H,8H2,1-3H3,(H2,20,21,29)/t14-,15-,16-,17-/m1/s1. The Kier molecular flexibility index (Phi) is 8.18. The van der Waals surface area contributed by atoms with Gasteiger partial charge in [0.25, 0.3) is 0 Å². The van der Waals surface area contributed by atoms with Crippen LogP contribution in [0, 0.1) is 0 Å². The molecule has 1 aromatic rings. The molecule has 0 bridgehead atoms. The van der Waals surface area contributed by atoms with Crippen molar-refractivity contribution in [2.24, 2.45) is 0 Å². The summed E-state index contributed by atoms with van der Waals surface area (Å²) in [5.41, 5.74) is 0.668. The van der Waals surface area contributed by atoms with Crippen molar-refractivity contribution in [3.8, 4) is 0 Å². The zero-order valence-electron chi connectivity index (χ0n) is 16.0. The first kappa shape index (κ1) is 22.9. The number of carbonyl (C=O) groups is 3. The summed E-state index contributed by atoms with van der Waals surface area (Å²) in [5, 5.41) is 6.55. The van der Waals surface area contributed by atoms with Gasteiger partial charge in [0.05, 0.1) is 0 Å². The van der Waals surface area contributed by atoms with Crippen molar-refractivity contribution in [2.75, 3.05) is 11.9 Å². The molecule has 2 rings (SSSR count). The first-order chi connectivity index (χ1) is 13.7. The van der Waals surface area contributed by atoms with Gasteiger partial charge in [-0.05, 0) is 36.5 Å². The molecule has 9 nitrogen and oxygen atoms in total. The molecule has 0 saturated carbocycles. The Labute approximate surface area is 178 Å². The molecule has 0 amide bonds. The lowest BCUT2D eigenvalue weighted by molar-refractivity contribution is -0.165. The van der Waals surface area contributed by atoms with Gasteiger partial charge in [0.1, 0.15) is 12.7 Å². The predicted molar refractivity (Wildman–Crippen MR) is 107 cm³/mol. The number of hydrogen-bond donors (Lipinski definition) is 2. The molecule has 1 aromatic carbocycles. The van der Waals surface area contributed by atoms with E-state index in [1.54, 1.807) is 24.3 Å². The van der Waals surface area contributed by atoms with Crippen LogP contribution in [0.5, 0.6) is 0 Å². The minimum atomic E-state index is -1.01. The summed E-state index contributed by atoms with van der Waals surface area (Å²) >= 11 is 11.1. The van der Waals surface area contributed by atoms with Gasteiger partial charge in [-0.25, -0.2) is 0 Å². The second kappa shape index (κ2) is 10.4. The quantitative estimate of drug-likeness (QED) is 0.382. The van der Waals surface area contributed by atoms with Crippen LogP contribution in [0.25, 0.3) is 0 Å². The predicted octanol–water partition coefficient (Wildman–Crippen LogP) is 1.78. The van der Waals surface area contributed by atoms with E-state index in [2.05, 4.69) is 10.6 Å². The van der Waals surface area contributed by atoms with Crippen molar-refractivity contribution in [3.63, 3.8) is 0 Å². The van der Waals surface area contributed by atoms with Crippen molar-refractivity contribution < 1.29 is 33.3 Å². The van der Waals surface area contributed by atoms with E-state index >= 15 is 0 Å². The van der Waals surface area contributed by atoms with Crippen LogP contribution >= 0.6 is 23.8 Å². The first-order valence-corrected chi connectivity index (χ1v) is 9.40. The molecule has 2 N–H and O–H groups in total. The Balaban J connectivity index is 2.13. The number of anilines is 1. The summed E-state index contributed by atoms with van der Waals surface area (Å²) in [6.07, 6.45) is -3.81. The number of halogens is 1. The molecule has 158 valence electrons. The topological polar surface area (TPSA) is 112 Å². The molecule has 1 heterocycles. The van der Waals surface area contributed by atoms with E-state index < -0.39 is 42.4 Å². The van der Waals surface area contributed by atoms with E-state index in [9.17, 15) is 14.4 Å². The Morgan fingerprint density at radius 1 is 1.03 bits per heavy atom. The fraction of sp³-hybridized carbons (Fsp3) is 0.444. The third-order valence-electron chi connectivity index (χ3n) is 3.74. The van der Waals surface area contributed by atoms with Crippen LogP contribution in [-0.4, -0.2) is 54.2 Å². The largest absolute Gasteiger partial charge is 0.463 e. The Morgan fingerprint density at radius 2 is 1.62 bits per heavy atom. The molecule has 0 radical (unpaired) electrons. The van der Waals surface area contributed by atoms with E-state index in [1.807, 2.05) is 0 Å². The molecule has 11 heteroatoms. The van der Waals surface area contributed by atoms with E-state index in [0.29, 0.717) is 10.7 Å². The van der Waals surface area contributed by atoms with Gasteiger partial charge in [0, 0.05) is 31.5 Å².